The van der Waals surface area contributed by atoms with E-state index in [0.717, 1.165) is 11.5 Å². The molecule has 54 valence electrons. The van der Waals surface area contributed by atoms with Gasteiger partial charge in [0.1, 0.15) is 3.82 Å². The van der Waals surface area contributed by atoms with Gasteiger partial charge in [-0.15, -0.1) is 0 Å². The Balaban J connectivity index is -0.000000333. The van der Waals surface area contributed by atoms with Crippen LogP contribution in [0.5, 0.6) is 5.88 Å². The van der Waals surface area contributed by atoms with Crippen LogP contribution in [-0.2, 0) is 0 Å². The third-order valence-electron chi connectivity index (χ3n) is 0.885. The first-order valence-electron chi connectivity index (χ1n) is 2.24. The molecule has 0 aromatic carbocycles. The van der Waals surface area contributed by atoms with Crippen molar-refractivity contribution in [3.8, 4) is 5.88 Å². The monoisotopic (exact) mass is 245 g/mol. The fourth-order valence-corrected chi connectivity index (χ4v) is 1.35. The number of carboxylic acid groups (broad SMARTS) is 1. The van der Waals surface area contributed by atoms with Gasteiger partial charge in [-0.1, -0.05) is 12.2 Å². The van der Waals surface area contributed by atoms with Crippen molar-refractivity contribution >= 4 is 29.7 Å². The van der Waals surface area contributed by atoms with Gasteiger partial charge in [-0.2, -0.15) is 0 Å². The Bertz CT molecular complexity index is 323. The molecule has 0 spiro atoms. The summed E-state index contributed by atoms with van der Waals surface area (Å²) >= 11 is 5.43. The van der Waals surface area contributed by atoms with Crippen molar-refractivity contribution in [3.63, 3.8) is 0 Å². The average molecular weight is 245 g/mol. The minimum absolute atomic E-state index is 0. The predicted octanol–water partition coefficient (Wildman–Crippen LogP) is -9.11. The van der Waals surface area contributed by atoms with Crippen LogP contribution in [0.3, 0.4) is 0 Å². The molecule has 1 aromatic rings. The molecule has 0 atom stereocenters. The van der Waals surface area contributed by atoms with E-state index < -0.39 is 11.8 Å². The number of aromatic amines is 1. The Morgan fingerprint density at radius 2 is 1.92 bits per heavy atom. The molecule has 9 heteroatoms. The number of carbonyl (C=O) groups is 1. The molecule has 1 aromatic heterocycles. The first-order chi connectivity index (χ1) is 4.63. The van der Waals surface area contributed by atoms with E-state index in [1.807, 2.05) is 0 Å². The van der Waals surface area contributed by atoms with Crippen molar-refractivity contribution in [2.75, 3.05) is 0 Å². The summed E-state index contributed by atoms with van der Waals surface area (Å²) in [6.07, 6.45) is 0. The first-order valence-corrected chi connectivity index (χ1v) is 3.47. The molecule has 13 heavy (non-hydrogen) atoms. The van der Waals surface area contributed by atoms with Crippen molar-refractivity contribution in [3.05, 3.63) is 9.39 Å². The molecular weight excluding hydrogens is 243 g/mol. The molecule has 0 saturated heterocycles. The van der Waals surface area contributed by atoms with Crippen LogP contribution in [-0.4, -0.2) is 15.4 Å². The van der Waals surface area contributed by atoms with E-state index in [-0.39, 0.29) is 98.1 Å². The second kappa shape index (κ2) is 9.35. The number of carbonyl (C=O) groups excluding carboxylic acids is 1. The molecule has 0 saturated carbocycles. The van der Waals surface area contributed by atoms with Crippen LogP contribution in [0.2, 0.25) is 0 Å². The van der Waals surface area contributed by atoms with E-state index in [4.69, 9.17) is 5.11 Å². The Hall–Kier alpha value is 2.12. The average Bonchev–Trinajstić information content (AvgIpc) is 2.11. The molecule has 0 aliphatic carbocycles. The molecule has 1 heterocycles. The zero-order valence-electron chi connectivity index (χ0n) is 7.58. The van der Waals surface area contributed by atoms with Crippen LogP contribution in [0, 0.1) is 3.82 Å². The van der Waals surface area contributed by atoms with Gasteiger partial charge in [0.25, 0.3) is 0 Å². The van der Waals surface area contributed by atoms with Gasteiger partial charge in [-0.3, -0.25) is 4.37 Å². The predicted molar refractivity (Wildman–Crippen MR) is 35.5 cm³/mol. The van der Waals surface area contributed by atoms with Crippen molar-refractivity contribution < 1.29 is 104 Å². The molecule has 0 amide bonds. The zero-order valence-corrected chi connectivity index (χ0v) is 15.2. The maximum absolute atomic E-state index is 10.2. The summed E-state index contributed by atoms with van der Waals surface area (Å²) in [6, 6.07) is 0. The first kappa shape index (κ1) is 20.5. The minimum Gasteiger partial charge on any atom is -0.545 e. The Labute approximate surface area is 150 Å². The summed E-state index contributed by atoms with van der Waals surface area (Å²) in [5, 5.41) is 18.9. The Morgan fingerprint density at radius 1 is 1.46 bits per heavy atom. The largest absolute Gasteiger partial charge is 1.00 e. The summed E-state index contributed by atoms with van der Waals surface area (Å²) in [7, 11) is 0. The van der Waals surface area contributed by atoms with E-state index in [1.165, 1.54) is 0 Å². The molecular formula is C4H2NNa3O3S2+2. The Kier molecular flexibility index (Phi) is 14.8. The van der Waals surface area contributed by atoms with Gasteiger partial charge in [0.15, 0.2) is 0 Å². The van der Waals surface area contributed by atoms with E-state index in [9.17, 15) is 9.90 Å². The second-order valence-corrected chi connectivity index (χ2v) is 2.99. The van der Waals surface area contributed by atoms with Crippen molar-refractivity contribution in [1.82, 2.24) is 4.37 Å². The van der Waals surface area contributed by atoms with E-state index in [0.29, 0.717) is 0 Å². The number of aromatic hydroxyl groups is 1. The third-order valence-corrected chi connectivity index (χ3v) is 2.02. The minimum atomic E-state index is -1.46. The topological polar surface area (TPSA) is 76.2 Å². The zero-order chi connectivity index (χ0) is 7.72. The SMILES string of the molecule is O=C([O-])c1c(O)[nH]sc1=S.[Na+].[Na+].[Na+]. The second-order valence-electron chi connectivity index (χ2n) is 1.50. The molecule has 1 rings (SSSR count). The maximum Gasteiger partial charge on any atom is 1.00 e. The molecule has 2 N–H and O–H groups in total. The molecule has 4 nitrogen and oxygen atoms in total. The fourth-order valence-electron chi connectivity index (χ4n) is 0.473. The smallest absolute Gasteiger partial charge is 0.545 e. The van der Waals surface area contributed by atoms with Gasteiger partial charge in [0, 0.05) is 0 Å². The molecule has 0 bridgehead atoms. The molecule has 0 unspecified atom stereocenters. The van der Waals surface area contributed by atoms with Crippen LogP contribution in [0.1, 0.15) is 10.4 Å². The number of carboxylic acids is 1. The van der Waals surface area contributed by atoms with Crippen LogP contribution in [0.15, 0.2) is 0 Å². The van der Waals surface area contributed by atoms with E-state index >= 15 is 0 Å². The molecule has 0 aliphatic heterocycles. The van der Waals surface area contributed by atoms with Gasteiger partial charge in [-0.05, 0) is 11.5 Å². The standard InChI is InChI=1S/C4H3NO3S2.3Na/c6-2-1(3(7)8)4(9)10-5-2;;;/h5-6H,(H,7,8);;;/q;3*+1/p-1. The molecule has 0 fully saturated rings. The van der Waals surface area contributed by atoms with Gasteiger partial charge in [-0.25, -0.2) is 0 Å². The van der Waals surface area contributed by atoms with Gasteiger partial charge >= 0.3 is 88.7 Å². The maximum atomic E-state index is 10.2. The van der Waals surface area contributed by atoms with Crippen LogP contribution in [0.4, 0.5) is 0 Å². The summed E-state index contributed by atoms with van der Waals surface area (Å²) in [5.41, 5.74) is -0.333. The summed E-state index contributed by atoms with van der Waals surface area (Å²) in [6.45, 7) is 0. The molecule has 0 aliphatic rings. The number of H-pyrrole nitrogens is 1. The number of hydrogen-bond donors (Lipinski definition) is 2. The number of hydrogen-bond acceptors (Lipinski definition) is 5. The third kappa shape index (κ3) is 5.67. The van der Waals surface area contributed by atoms with Gasteiger partial charge in [0.05, 0.1) is 11.5 Å². The normalized spacial score (nSPS) is 7.38. The fraction of sp³-hybridized carbons (Fsp3) is 0. The van der Waals surface area contributed by atoms with Crippen LogP contribution >= 0.6 is 23.8 Å². The van der Waals surface area contributed by atoms with Crippen molar-refractivity contribution in [2.45, 2.75) is 0 Å². The summed E-state index contributed by atoms with van der Waals surface area (Å²) in [4.78, 5) is 10.2. The number of aromatic nitrogens is 1. The quantitative estimate of drug-likeness (QED) is 0.380. The molecule has 0 radical (unpaired) electrons. The van der Waals surface area contributed by atoms with Crippen LogP contribution < -0.4 is 93.8 Å². The summed E-state index contributed by atoms with van der Waals surface area (Å²) in [5.74, 6) is -1.89. The van der Waals surface area contributed by atoms with E-state index in [1.54, 1.807) is 0 Å². The van der Waals surface area contributed by atoms with Crippen molar-refractivity contribution in [2.24, 2.45) is 0 Å². The van der Waals surface area contributed by atoms with Gasteiger partial charge < -0.3 is 15.0 Å². The van der Waals surface area contributed by atoms with E-state index in [2.05, 4.69) is 16.6 Å². The number of nitrogens with one attached hydrogen (secondary N) is 1. The van der Waals surface area contributed by atoms with Gasteiger partial charge in [0.2, 0.25) is 5.88 Å². The number of aromatic carboxylic acids is 1. The van der Waals surface area contributed by atoms with Crippen molar-refractivity contribution in [1.29, 1.82) is 0 Å². The van der Waals surface area contributed by atoms with Crippen LogP contribution in [0.25, 0.3) is 0 Å². The Morgan fingerprint density at radius 3 is 2.08 bits per heavy atom. The number of rotatable bonds is 1. The summed E-state index contributed by atoms with van der Waals surface area (Å²) < 4.78 is 2.39.